The lowest BCUT2D eigenvalue weighted by molar-refractivity contribution is 0.417. The molecule has 3 nitrogen and oxygen atoms in total. The van der Waals surface area contributed by atoms with Gasteiger partial charge in [-0.2, -0.15) is 0 Å². The number of hydrogen-bond donors (Lipinski definition) is 1. The quantitative estimate of drug-likeness (QED) is 0.866. The molecule has 1 aliphatic carbocycles. The molecule has 1 atom stereocenters. The van der Waals surface area contributed by atoms with Gasteiger partial charge < -0.3 is 9.88 Å². The van der Waals surface area contributed by atoms with E-state index in [1.807, 2.05) is 0 Å². The van der Waals surface area contributed by atoms with Gasteiger partial charge >= 0.3 is 0 Å². The maximum atomic E-state index is 4.96. The second kappa shape index (κ2) is 5.04. The molecule has 100 valence electrons. The molecule has 1 aromatic rings. The van der Waals surface area contributed by atoms with E-state index in [0.717, 1.165) is 25.4 Å². The molecule has 3 rings (SSSR count). The summed E-state index contributed by atoms with van der Waals surface area (Å²) in [5.74, 6) is 2.17. The van der Waals surface area contributed by atoms with Crippen molar-refractivity contribution in [2.24, 2.45) is 0 Å². The molecule has 18 heavy (non-hydrogen) atoms. The second-order valence-corrected chi connectivity index (χ2v) is 5.79. The molecule has 1 unspecified atom stereocenters. The summed E-state index contributed by atoms with van der Waals surface area (Å²) in [4.78, 5) is 4.96. The van der Waals surface area contributed by atoms with E-state index in [1.165, 1.54) is 49.3 Å². The SMILES string of the molecule is CCCC(CC)n1c(C2CC2)nc2c1CCNC2. The minimum atomic E-state index is 0.681. The highest BCUT2D eigenvalue weighted by Gasteiger charge is 2.33. The number of fused-ring (bicyclic) bond motifs is 1. The first kappa shape index (κ1) is 12.2. The minimum Gasteiger partial charge on any atom is -0.328 e. The molecule has 0 amide bonds. The Bertz CT molecular complexity index is 418. The van der Waals surface area contributed by atoms with E-state index in [9.17, 15) is 0 Å². The van der Waals surface area contributed by atoms with E-state index < -0.39 is 0 Å². The van der Waals surface area contributed by atoms with Crippen molar-refractivity contribution in [1.82, 2.24) is 14.9 Å². The number of aromatic nitrogens is 2. The Kier molecular flexibility index (Phi) is 3.42. The van der Waals surface area contributed by atoms with Crippen LogP contribution < -0.4 is 5.32 Å². The maximum Gasteiger partial charge on any atom is 0.112 e. The number of hydrogen-bond acceptors (Lipinski definition) is 2. The molecule has 0 radical (unpaired) electrons. The van der Waals surface area contributed by atoms with Gasteiger partial charge in [0.15, 0.2) is 0 Å². The Morgan fingerprint density at radius 2 is 2.22 bits per heavy atom. The Morgan fingerprint density at radius 1 is 1.39 bits per heavy atom. The summed E-state index contributed by atoms with van der Waals surface area (Å²) >= 11 is 0. The van der Waals surface area contributed by atoms with Gasteiger partial charge in [0.05, 0.1) is 5.69 Å². The molecule has 0 saturated heterocycles. The summed E-state index contributed by atoms with van der Waals surface area (Å²) < 4.78 is 2.64. The van der Waals surface area contributed by atoms with Crippen LogP contribution in [0.5, 0.6) is 0 Å². The third kappa shape index (κ3) is 2.09. The van der Waals surface area contributed by atoms with E-state index in [2.05, 4.69) is 23.7 Å². The molecular weight excluding hydrogens is 222 g/mol. The lowest BCUT2D eigenvalue weighted by Crippen LogP contribution is -2.26. The first-order valence-corrected chi connectivity index (χ1v) is 7.65. The van der Waals surface area contributed by atoms with Crippen molar-refractivity contribution in [1.29, 1.82) is 0 Å². The van der Waals surface area contributed by atoms with Gasteiger partial charge in [0.2, 0.25) is 0 Å². The van der Waals surface area contributed by atoms with E-state index in [-0.39, 0.29) is 0 Å². The molecule has 3 heteroatoms. The average Bonchev–Trinajstić information content (AvgIpc) is 3.17. The Labute approximate surface area is 110 Å². The van der Waals surface area contributed by atoms with Crippen LogP contribution in [0.3, 0.4) is 0 Å². The van der Waals surface area contributed by atoms with Crippen molar-refractivity contribution in [2.45, 2.75) is 70.9 Å². The summed E-state index contributed by atoms with van der Waals surface area (Å²) in [7, 11) is 0. The van der Waals surface area contributed by atoms with Crippen molar-refractivity contribution in [3.05, 3.63) is 17.2 Å². The first-order valence-electron chi connectivity index (χ1n) is 7.65. The number of nitrogens with zero attached hydrogens (tertiary/aromatic N) is 2. The molecule has 1 N–H and O–H groups in total. The monoisotopic (exact) mass is 247 g/mol. The molecule has 0 bridgehead atoms. The zero-order chi connectivity index (χ0) is 12.5. The van der Waals surface area contributed by atoms with Crippen molar-refractivity contribution in [3.63, 3.8) is 0 Å². The number of imidazole rings is 1. The van der Waals surface area contributed by atoms with Gasteiger partial charge in [-0.15, -0.1) is 0 Å². The van der Waals surface area contributed by atoms with E-state index >= 15 is 0 Å². The second-order valence-electron chi connectivity index (χ2n) is 5.79. The normalized spacial score (nSPS) is 20.8. The molecule has 1 aliphatic heterocycles. The summed E-state index contributed by atoms with van der Waals surface area (Å²) in [6, 6.07) is 0.681. The van der Waals surface area contributed by atoms with Gasteiger partial charge in [-0.3, -0.25) is 0 Å². The van der Waals surface area contributed by atoms with Crippen molar-refractivity contribution in [3.8, 4) is 0 Å². The fourth-order valence-corrected chi connectivity index (χ4v) is 3.24. The smallest absolute Gasteiger partial charge is 0.112 e. The van der Waals surface area contributed by atoms with Crippen LogP contribution in [-0.4, -0.2) is 16.1 Å². The molecule has 2 aliphatic rings. The summed E-state index contributed by atoms with van der Waals surface area (Å²) in [5, 5.41) is 3.45. The van der Waals surface area contributed by atoms with Crippen LogP contribution >= 0.6 is 0 Å². The van der Waals surface area contributed by atoms with E-state index in [1.54, 1.807) is 0 Å². The highest BCUT2D eigenvalue weighted by atomic mass is 15.1. The number of rotatable bonds is 5. The molecule has 1 fully saturated rings. The van der Waals surface area contributed by atoms with Gasteiger partial charge in [-0.25, -0.2) is 4.98 Å². The van der Waals surface area contributed by atoms with Crippen molar-refractivity contribution in [2.75, 3.05) is 6.54 Å². The molecule has 1 aromatic heterocycles. The molecule has 0 spiro atoms. The minimum absolute atomic E-state index is 0.681. The fraction of sp³-hybridized carbons (Fsp3) is 0.800. The van der Waals surface area contributed by atoms with E-state index in [0.29, 0.717) is 6.04 Å². The van der Waals surface area contributed by atoms with Crippen LogP contribution in [0.1, 0.15) is 75.1 Å². The summed E-state index contributed by atoms with van der Waals surface area (Å²) in [6.07, 6.45) is 7.68. The highest BCUT2D eigenvalue weighted by molar-refractivity contribution is 5.25. The van der Waals surface area contributed by atoms with Crippen LogP contribution in [0.25, 0.3) is 0 Å². The Morgan fingerprint density at radius 3 is 2.89 bits per heavy atom. The first-order chi connectivity index (χ1) is 8.85. The average molecular weight is 247 g/mol. The highest BCUT2D eigenvalue weighted by Crippen LogP contribution is 2.42. The molecule has 0 aromatic carbocycles. The fourth-order valence-electron chi connectivity index (χ4n) is 3.24. The third-order valence-corrected chi connectivity index (χ3v) is 4.35. The van der Waals surface area contributed by atoms with Crippen molar-refractivity contribution < 1.29 is 0 Å². The summed E-state index contributed by atoms with van der Waals surface area (Å²) in [5.41, 5.74) is 2.87. The topological polar surface area (TPSA) is 29.9 Å². The third-order valence-electron chi connectivity index (χ3n) is 4.35. The molecular formula is C15H25N3. The zero-order valence-electron chi connectivity index (χ0n) is 11.7. The molecule has 2 heterocycles. The largest absolute Gasteiger partial charge is 0.328 e. The van der Waals surface area contributed by atoms with Crippen molar-refractivity contribution >= 4 is 0 Å². The lowest BCUT2D eigenvalue weighted by atomic mass is 10.1. The zero-order valence-corrected chi connectivity index (χ0v) is 11.7. The molecule has 1 saturated carbocycles. The van der Waals surface area contributed by atoms with Gasteiger partial charge in [0.25, 0.3) is 0 Å². The summed E-state index contributed by atoms with van der Waals surface area (Å²) in [6.45, 7) is 6.71. The van der Waals surface area contributed by atoms with Gasteiger partial charge in [-0.1, -0.05) is 20.3 Å². The van der Waals surface area contributed by atoms with E-state index in [4.69, 9.17) is 4.98 Å². The predicted molar refractivity (Wildman–Crippen MR) is 73.8 cm³/mol. The van der Waals surface area contributed by atoms with Gasteiger partial charge in [0.1, 0.15) is 5.82 Å². The van der Waals surface area contributed by atoms with Crippen LogP contribution in [0.2, 0.25) is 0 Å². The lowest BCUT2D eigenvalue weighted by Gasteiger charge is -2.23. The Balaban J connectivity index is 2.00. The number of nitrogens with one attached hydrogen (secondary N) is 1. The van der Waals surface area contributed by atoms with Crippen LogP contribution in [0, 0.1) is 0 Å². The standard InChI is InChI=1S/C15H25N3/c1-3-5-12(4-2)18-14-8-9-16-10-13(14)17-15(18)11-6-7-11/h11-12,16H,3-10H2,1-2H3. The Hall–Kier alpha value is -0.830. The van der Waals surface area contributed by atoms with Gasteiger partial charge in [-0.05, 0) is 25.7 Å². The van der Waals surface area contributed by atoms with Crippen LogP contribution in [0.15, 0.2) is 0 Å². The predicted octanol–water partition coefficient (Wildman–Crippen LogP) is 3.16. The van der Waals surface area contributed by atoms with Crippen LogP contribution in [0.4, 0.5) is 0 Å². The van der Waals surface area contributed by atoms with Gasteiger partial charge in [0, 0.05) is 37.2 Å². The maximum absolute atomic E-state index is 4.96. The van der Waals surface area contributed by atoms with Crippen LogP contribution in [-0.2, 0) is 13.0 Å².